The van der Waals surface area contributed by atoms with Crippen LogP contribution in [0, 0.1) is 0 Å². The summed E-state index contributed by atoms with van der Waals surface area (Å²) in [5.41, 5.74) is 0. The van der Waals surface area contributed by atoms with Crippen molar-refractivity contribution in [1.82, 2.24) is 10.6 Å². The summed E-state index contributed by atoms with van der Waals surface area (Å²) >= 11 is 0. The molecule has 0 fully saturated rings. The first-order valence-corrected chi connectivity index (χ1v) is 30.0. The average molecular weight is 950 g/mol. The van der Waals surface area contributed by atoms with Crippen molar-refractivity contribution in [3.05, 3.63) is 0 Å². The second-order valence-electron chi connectivity index (χ2n) is 20.5. The van der Waals surface area contributed by atoms with Crippen LogP contribution >= 0.6 is 0 Å². The third kappa shape index (κ3) is 54.8. The molecule has 0 saturated carbocycles. The Kier molecular flexibility index (Phi) is 54.9. The van der Waals surface area contributed by atoms with Gasteiger partial charge in [0.2, 0.25) is 0 Å². The molecule has 8 nitrogen and oxygen atoms in total. The number of rotatable bonds is 55. The zero-order chi connectivity index (χ0) is 48.6. The highest BCUT2D eigenvalue weighted by atomic mass is 16.6. The lowest BCUT2D eigenvalue weighted by Crippen LogP contribution is -2.37. The SMILES string of the molecule is CCCCCCCCCCCCCCCCCCNC(=O)OCC(COC(=O)CCCCCCCCCCCCCCCCC)OC(=O)NCCCCCCCCCCCCCCCCCC. The van der Waals surface area contributed by atoms with Gasteiger partial charge >= 0.3 is 18.2 Å². The molecule has 0 aliphatic rings. The topological polar surface area (TPSA) is 103 Å². The number of unbranched alkanes of at least 4 members (excludes halogenated alkanes) is 44. The maximum Gasteiger partial charge on any atom is 0.407 e. The predicted molar refractivity (Wildman–Crippen MR) is 287 cm³/mol. The molecule has 0 heterocycles. The first-order valence-electron chi connectivity index (χ1n) is 30.0. The smallest absolute Gasteiger partial charge is 0.407 e. The van der Waals surface area contributed by atoms with Crippen LogP contribution in [0.4, 0.5) is 9.59 Å². The number of hydrogen-bond donors (Lipinski definition) is 2. The van der Waals surface area contributed by atoms with E-state index in [9.17, 15) is 14.4 Å². The quantitative estimate of drug-likeness (QED) is 0.0358. The molecule has 0 radical (unpaired) electrons. The molecule has 0 aromatic rings. The van der Waals surface area contributed by atoms with Crippen molar-refractivity contribution >= 4 is 18.2 Å². The Balaban J connectivity index is 4.29. The van der Waals surface area contributed by atoms with Gasteiger partial charge in [0.25, 0.3) is 0 Å². The third-order valence-corrected chi connectivity index (χ3v) is 13.7. The molecule has 2 N–H and O–H groups in total. The second-order valence-corrected chi connectivity index (χ2v) is 20.5. The van der Waals surface area contributed by atoms with Crippen LogP contribution in [-0.4, -0.2) is 50.6 Å². The summed E-state index contributed by atoms with van der Waals surface area (Å²) in [6.45, 7) is 7.62. The van der Waals surface area contributed by atoms with Crippen LogP contribution in [0.15, 0.2) is 0 Å². The van der Waals surface area contributed by atoms with Crippen molar-refractivity contribution < 1.29 is 28.6 Å². The summed E-state index contributed by atoms with van der Waals surface area (Å²) in [7, 11) is 0. The normalized spacial score (nSPS) is 11.7. The molecule has 67 heavy (non-hydrogen) atoms. The minimum Gasteiger partial charge on any atom is -0.462 e. The Bertz CT molecular complexity index is 1010. The molecule has 0 spiro atoms. The molecule has 0 bridgehead atoms. The largest absolute Gasteiger partial charge is 0.462 e. The molecule has 8 heteroatoms. The van der Waals surface area contributed by atoms with Crippen LogP contribution < -0.4 is 10.6 Å². The molecule has 398 valence electrons. The summed E-state index contributed by atoms with van der Waals surface area (Å²) < 4.78 is 16.6. The van der Waals surface area contributed by atoms with E-state index in [1.807, 2.05) is 0 Å². The van der Waals surface area contributed by atoms with Gasteiger partial charge in [-0.05, 0) is 19.3 Å². The number of amides is 2. The summed E-state index contributed by atoms with van der Waals surface area (Å²) in [4.78, 5) is 37.9. The second kappa shape index (κ2) is 56.6. The van der Waals surface area contributed by atoms with E-state index in [1.54, 1.807) is 0 Å². The summed E-state index contributed by atoms with van der Waals surface area (Å²) in [5, 5.41) is 5.69. The van der Waals surface area contributed by atoms with Crippen molar-refractivity contribution in [3.8, 4) is 0 Å². The molecule has 0 aliphatic carbocycles. The van der Waals surface area contributed by atoms with E-state index < -0.39 is 18.3 Å². The molecular weight excluding hydrogens is 833 g/mol. The summed E-state index contributed by atoms with van der Waals surface area (Å²) in [5.74, 6) is -0.301. The molecular formula is C59H116N2O6. The van der Waals surface area contributed by atoms with Gasteiger partial charge in [-0.3, -0.25) is 4.79 Å². The van der Waals surface area contributed by atoms with E-state index >= 15 is 0 Å². The minimum absolute atomic E-state index is 0.129. The number of alkyl carbamates (subject to hydrolysis) is 2. The first kappa shape index (κ1) is 65.0. The van der Waals surface area contributed by atoms with Gasteiger partial charge < -0.3 is 24.8 Å². The van der Waals surface area contributed by atoms with E-state index in [1.165, 1.54) is 257 Å². The van der Waals surface area contributed by atoms with E-state index in [0.29, 0.717) is 19.5 Å². The zero-order valence-electron chi connectivity index (χ0n) is 45.3. The van der Waals surface area contributed by atoms with Crippen LogP contribution in [0.2, 0.25) is 0 Å². The van der Waals surface area contributed by atoms with Gasteiger partial charge in [-0.25, -0.2) is 9.59 Å². The van der Waals surface area contributed by atoms with Gasteiger partial charge in [-0.15, -0.1) is 0 Å². The van der Waals surface area contributed by atoms with Crippen LogP contribution in [0.3, 0.4) is 0 Å². The zero-order valence-corrected chi connectivity index (χ0v) is 45.3. The number of ether oxygens (including phenoxy) is 3. The highest BCUT2D eigenvalue weighted by molar-refractivity contribution is 5.70. The van der Waals surface area contributed by atoms with Crippen LogP contribution in [0.5, 0.6) is 0 Å². The monoisotopic (exact) mass is 949 g/mol. The Morgan fingerprint density at radius 1 is 0.299 bits per heavy atom. The minimum atomic E-state index is -0.864. The Morgan fingerprint density at radius 3 is 0.836 bits per heavy atom. The van der Waals surface area contributed by atoms with Gasteiger partial charge in [0.15, 0.2) is 6.10 Å². The van der Waals surface area contributed by atoms with E-state index in [-0.39, 0.29) is 19.2 Å². The molecule has 0 aromatic carbocycles. The van der Waals surface area contributed by atoms with Crippen molar-refractivity contribution in [1.29, 1.82) is 0 Å². The first-order chi connectivity index (χ1) is 33.0. The Labute approximate surface area is 417 Å². The van der Waals surface area contributed by atoms with Gasteiger partial charge in [0, 0.05) is 19.5 Å². The molecule has 0 saturated heterocycles. The fraction of sp³-hybridized carbons (Fsp3) is 0.949. The van der Waals surface area contributed by atoms with E-state index in [0.717, 1.165) is 44.9 Å². The van der Waals surface area contributed by atoms with Crippen LogP contribution in [-0.2, 0) is 19.0 Å². The maximum atomic E-state index is 12.7. The number of carbonyl (C=O) groups excluding carboxylic acids is 3. The highest BCUT2D eigenvalue weighted by Crippen LogP contribution is 2.17. The lowest BCUT2D eigenvalue weighted by atomic mass is 10.0. The fourth-order valence-electron chi connectivity index (χ4n) is 9.15. The molecule has 1 atom stereocenters. The van der Waals surface area contributed by atoms with Crippen LogP contribution in [0.1, 0.15) is 329 Å². The molecule has 1 unspecified atom stereocenters. The maximum absolute atomic E-state index is 12.7. The fourth-order valence-corrected chi connectivity index (χ4v) is 9.15. The summed E-state index contributed by atoms with van der Waals surface area (Å²) in [6, 6.07) is 0. The molecule has 2 amide bonds. The van der Waals surface area contributed by atoms with Gasteiger partial charge in [-0.2, -0.15) is 0 Å². The number of carbonyl (C=O) groups is 3. The van der Waals surface area contributed by atoms with Gasteiger partial charge in [-0.1, -0.05) is 303 Å². The van der Waals surface area contributed by atoms with Crippen molar-refractivity contribution in [2.24, 2.45) is 0 Å². The van der Waals surface area contributed by atoms with Crippen molar-refractivity contribution in [2.45, 2.75) is 335 Å². The van der Waals surface area contributed by atoms with Crippen molar-refractivity contribution in [3.63, 3.8) is 0 Å². The lowest BCUT2D eigenvalue weighted by Gasteiger charge is -2.18. The molecule has 0 rings (SSSR count). The van der Waals surface area contributed by atoms with Crippen LogP contribution in [0.25, 0.3) is 0 Å². The average Bonchev–Trinajstić information content (AvgIpc) is 3.33. The van der Waals surface area contributed by atoms with E-state index in [4.69, 9.17) is 14.2 Å². The molecule has 0 aliphatic heterocycles. The highest BCUT2D eigenvalue weighted by Gasteiger charge is 2.19. The molecule has 0 aromatic heterocycles. The predicted octanol–water partition coefficient (Wildman–Crippen LogP) is 19.1. The van der Waals surface area contributed by atoms with Gasteiger partial charge in [0.05, 0.1) is 0 Å². The number of hydrogen-bond acceptors (Lipinski definition) is 6. The Morgan fingerprint density at radius 2 is 0.537 bits per heavy atom. The van der Waals surface area contributed by atoms with Crippen molar-refractivity contribution in [2.75, 3.05) is 26.3 Å². The van der Waals surface area contributed by atoms with E-state index in [2.05, 4.69) is 31.4 Å². The standard InChI is InChI=1S/C59H116N2O6/c1-4-7-10-13-16-19-22-25-28-31-34-37-40-43-46-49-52-60-58(63)66-55-56(54-65-57(62)51-48-45-42-39-36-33-30-27-24-21-18-15-12-9-6-3)67-59(64)61-53-50-47-44-41-38-35-32-29-26-23-20-17-14-11-8-5-2/h56H,4-55H2,1-3H3,(H,60,63)(H,61,64). The third-order valence-electron chi connectivity index (χ3n) is 13.7. The number of nitrogens with one attached hydrogen (secondary N) is 2. The Hall–Kier alpha value is -1.99. The summed E-state index contributed by atoms with van der Waals surface area (Å²) in [6.07, 6.45) is 59.3. The van der Waals surface area contributed by atoms with Gasteiger partial charge in [0.1, 0.15) is 13.2 Å². The number of esters is 1. The lowest BCUT2D eigenvalue weighted by molar-refractivity contribution is -0.147.